The number of nitro groups is 1. The summed E-state index contributed by atoms with van der Waals surface area (Å²) in [6.45, 7) is 3.92. The Balaban J connectivity index is 1.68. The van der Waals surface area contributed by atoms with Gasteiger partial charge in [-0.25, -0.2) is 14.6 Å². The van der Waals surface area contributed by atoms with Crippen LogP contribution in [0.4, 0.5) is 5.82 Å². The van der Waals surface area contributed by atoms with Crippen molar-refractivity contribution in [2.45, 2.75) is 0 Å². The molecule has 0 spiro atoms. The highest BCUT2D eigenvalue weighted by Gasteiger charge is 2.29. The number of piperazine rings is 1. The van der Waals surface area contributed by atoms with Crippen molar-refractivity contribution in [1.29, 1.82) is 0 Å². The van der Waals surface area contributed by atoms with Gasteiger partial charge in [0.2, 0.25) is 5.82 Å². The second-order valence-electron chi connectivity index (χ2n) is 5.01. The van der Waals surface area contributed by atoms with Crippen LogP contribution in [-0.2, 0) is 7.05 Å². The lowest BCUT2D eigenvalue weighted by Gasteiger charge is -2.36. The van der Waals surface area contributed by atoms with Crippen LogP contribution in [0.15, 0.2) is 12.4 Å². The number of nitrogens with one attached hydrogen (secondary N) is 1. The van der Waals surface area contributed by atoms with E-state index in [9.17, 15) is 10.1 Å². The summed E-state index contributed by atoms with van der Waals surface area (Å²) < 4.78 is 3.46. The van der Waals surface area contributed by atoms with Gasteiger partial charge in [0.25, 0.3) is 0 Å². The molecule has 3 rings (SSSR count). The van der Waals surface area contributed by atoms with Crippen molar-refractivity contribution in [1.82, 2.24) is 29.4 Å². The van der Waals surface area contributed by atoms with E-state index in [1.165, 1.54) is 22.7 Å². The standard InChI is InChI=1S/C11H17N7O2S/c1-14-3-5-16(6-4-14)18-13-7-9(21-18)11-12-8-10(15(11)2)17(19)20/h7-8,13H,3-6H2,1-2H3. The molecule has 1 fully saturated rings. The summed E-state index contributed by atoms with van der Waals surface area (Å²) in [6, 6.07) is 0. The molecule has 0 saturated carbocycles. The van der Waals surface area contributed by atoms with E-state index >= 15 is 0 Å². The number of likely N-dealkylation sites (N-methyl/N-ethyl adjacent to an activating group) is 1. The van der Waals surface area contributed by atoms with E-state index in [4.69, 9.17) is 0 Å². The zero-order valence-corrected chi connectivity index (χ0v) is 12.7. The molecule has 0 bridgehead atoms. The van der Waals surface area contributed by atoms with Crippen molar-refractivity contribution in [2.24, 2.45) is 7.05 Å². The Kier molecular flexibility index (Phi) is 3.85. The van der Waals surface area contributed by atoms with Crippen molar-refractivity contribution in [2.75, 3.05) is 33.2 Å². The van der Waals surface area contributed by atoms with Crippen molar-refractivity contribution < 1.29 is 4.92 Å². The minimum Gasteiger partial charge on any atom is -0.358 e. The van der Waals surface area contributed by atoms with E-state index in [1.807, 2.05) is 10.7 Å². The monoisotopic (exact) mass is 311 g/mol. The topological polar surface area (TPSA) is 82.7 Å². The van der Waals surface area contributed by atoms with Crippen LogP contribution in [-0.4, -0.2) is 62.1 Å². The van der Waals surface area contributed by atoms with Gasteiger partial charge < -0.3 is 20.4 Å². The normalized spacial score (nSPS) is 21.3. The highest BCUT2D eigenvalue weighted by Crippen LogP contribution is 2.34. The minimum absolute atomic E-state index is 0.00968. The Morgan fingerprint density at radius 2 is 2.05 bits per heavy atom. The van der Waals surface area contributed by atoms with Gasteiger partial charge in [0.15, 0.2) is 0 Å². The summed E-state index contributed by atoms with van der Waals surface area (Å²) in [7, 11) is 3.76. The van der Waals surface area contributed by atoms with Gasteiger partial charge >= 0.3 is 5.82 Å². The molecule has 9 nitrogen and oxygen atoms in total. The summed E-state index contributed by atoms with van der Waals surface area (Å²) in [5.41, 5.74) is 3.17. The summed E-state index contributed by atoms with van der Waals surface area (Å²) in [6.07, 6.45) is 3.12. The first-order chi connectivity index (χ1) is 10.1. The molecular weight excluding hydrogens is 294 g/mol. The predicted octanol–water partition coefficient (Wildman–Crippen LogP) is 0.257. The van der Waals surface area contributed by atoms with Crippen LogP contribution in [0.1, 0.15) is 5.82 Å². The molecule has 3 heterocycles. The lowest BCUT2D eigenvalue weighted by Crippen LogP contribution is -2.52. The van der Waals surface area contributed by atoms with Gasteiger partial charge in [-0.1, -0.05) is 4.52 Å². The Labute approximate surface area is 126 Å². The van der Waals surface area contributed by atoms with E-state index in [2.05, 4.69) is 27.4 Å². The zero-order chi connectivity index (χ0) is 15.0. The van der Waals surface area contributed by atoms with Crippen LogP contribution < -0.4 is 5.43 Å². The molecule has 0 amide bonds. The van der Waals surface area contributed by atoms with E-state index in [0.29, 0.717) is 5.82 Å². The fourth-order valence-corrected chi connectivity index (χ4v) is 3.23. The van der Waals surface area contributed by atoms with E-state index < -0.39 is 4.92 Å². The lowest BCUT2D eigenvalue weighted by molar-refractivity contribution is -0.391. The summed E-state index contributed by atoms with van der Waals surface area (Å²) in [4.78, 5) is 17.7. The molecule has 1 N–H and O–H groups in total. The second kappa shape index (κ2) is 5.64. The number of hydrazine groups is 2. The number of aromatic nitrogens is 2. The van der Waals surface area contributed by atoms with Gasteiger partial charge in [0.1, 0.15) is 11.1 Å². The van der Waals surface area contributed by atoms with E-state index in [1.54, 1.807) is 7.05 Å². The molecule has 21 heavy (non-hydrogen) atoms. The number of imidazole rings is 1. The Morgan fingerprint density at radius 3 is 2.67 bits per heavy atom. The Morgan fingerprint density at radius 1 is 1.33 bits per heavy atom. The number of rotatable bonds is 3. The first kappa shape index (κ1) is 14.3. The smallest absolute Gasteiger partial charge is 0.342 e. The molecule has 1 aromatic heterocycles. The molecule has 0 aromatic carbocycles. The third-order valence-corrected chi connectivity index (χ3v) is 4.60. The van der Waals surface area contributed by atoms with Gasteiger partial charge in [-0.3, -0.25) is 0 Å². The fourth-order valence-electron chi connectivity index (χ4n) is 2.28. The third kappa shape index (κ3) is 2.75. The van der Waals surface area contributed by atoms with E-state index in [0.717, 1.165) is 31.1 Å². The molecule has 0 aliphatic carbocycles. The third-order valence-electron chi connectivity index (χ3n) is 3.60. The fraction of sp³-hybridized carbons (Fsp3) is 0.545. The highest BCUT2D eigenvalue weighted by molar-refractivity contribution is 8.06. The molecule has 2 aliphatic rings. The van der Waals surface area contributed by atoms with Crippen LogP contribution in [0.3, 0.4) is 0 Å². The molecule has 2 aliphatic heterocycles. The van der Waals surface area contributed by atoms with Crippen LogP contribution in [0.2, 0.25) is 0 Å². The average Bonchev–Trinajstić information content (AvgIpc) is 3.06. The van der Waals surface area contributed by atoms with Crippen molar-refractivity contribution in [3.8, 4) is 0 Å². The number of hydrogen-bond donors (Lipinski definition) is 1. The average molecular weight is 311 g/mol. The van der Waals surface area contributed by atoms with Crippen molar-refractivity contribution in [3.05, 3.63) is 28.3 Å². The summed E-state index contributed by atoms with van der Waals surface area (Å²) in [5.74, 6) is 0.584. The SMILES string of the molecule is CN1CCN(N2NC=C(c3ncc([N+](=O)[O-])n3C)S2)CC1. The predicted molar refractivity (Wildman–Crippen MR) is 79.5 cm³/mol. The molecule has 1 saturated heterocycles. The summed E-state index contributed by atoms with van der Waals surface area (Å²) in [5, 5.41) is 13.1. The molecular formula is C11H17N7O2S. The van der Waals surface area contributed by atoms with Crippen LogP contribution in [0.5, 0.6) is 0 Å². The maximum atomic E-state index is 10.9. The quantitative estimate of drug-likeness (QED) is 0.483. The molecule has 0 atom stereocenters. The minimum atomic E-state index is -0.428. The number of nitrogens with zero attached hydrogens (tertiary/aromatic N) is 6. The zero-order valence-electron chi connectivity index (χ0n) is 11.9. The lowest BCUT2D eigenvalue weighted by atomic mass is 10.4. The maximum Gasteiger partial charge on any atom is 0.342 e. The highest BCUT2D eigenvalue weighted by atomic mass is 32.2. The van der Waals surface area contributed by atoms with Crippen LogP contribution >= 0.6 is 11.9 Å². The second-order valence-corrected chi connectivity index (χ2v) is 5.98. The summed E-state index contributed by atoms with van der Waals surface area (Å²) >= 11 is 1.50. The van der Waals surface area contributed by atoms with E-state index in [-0.39, 0.29) is 5.82 Å². The maximum absolute atomic E-state index is 10.9. The largest absolute Gasteiger partial charge is 0.358 e. The van der Waals surface area contributed by atoms with Gasteiger partial charge in [-0.2, -0.15) is 0 Å². The molecule has 0 unspecified atom stereocenters. The van der Waals surface area contributed by atoms with Gasteiger partial charge in [0, 0.05) is 44.3 Å². The molecule has 114 valence electrons. The molecule has 10 heteroatoms. The van der Waals surface area contributed by atoms with Crippen molar-refractivity contribution >= 4 is 22.7 Å². The first-order valence-electron chi connectivity index (χ1n) is 6.60. The van der Waals surface area contributed by atoms with Gasteiger partial charge in [-0.15, -0.1) is 0 Å². The van der Waals surface area contributed by atoms with Gasteiger partial charge in [-0.05, 0) is 12.0 Å². The Bertz CT molecular complexity index is 579. The first-order valence-corrected chi connectivity index (χ1v) is 7.38. The Hall–Kier alpha value is -1.62. The van der Waals surface area contributed by atoms with Crippen molar-refractivity contribution in [3.63, 3.8) is 0 Å². The van der Waals surface area contributed by atoms with Gasteiger partial charge in [0.05, 0.1) is 7.05 Å². The molecule has 0 radical (unpaired) electrons. The van der Waals surface area contributed by atoms with Crippen LogP contribution in [0.25, 0.3) is 4.91 Å². The number of hydrogen-bond acceptors (Lipinski definition) is 8. The molecule has 1 aromatic rings. The van der Waals surface area contributed by atoms with Crippen LogP contribution in [0, 0.1) is 10.1 Å².